The van der Waals surface area contributed by atoms with Crippen molar-refractivity contribution in [1.29, 1.82) is 0 Å². The Kier molecular flexibility index (Phi) is 2.72. The Balaban J connectivity index is 1.66. The van der Waals surface area contributed by atoms with Gasteiger partial charge in [-0.05, 0) is 18.6 Å². The number of likely N-dealkylation sites (tertiary alicyclic amines) is 1. The minimum absolute atomic E-state index is 0.0219. The first-order valence-electron chi connectivity index (χ1n) is 7.26. The van der Waals surface area contributed by atoms with Crippen LogP contribution in [0.15, 0.2) is 18.3 Å². The number of hydrogen-bond acceptors (Lipinski definition) is 3. The molecule has 0 spiro atoms. The number of halogens is 1. The maximum atomic E-state index is 14.5. The summed E-state index contributed by atoms with van der Waals surface area (Å²) in [5.41, 5.74) is 1.12. The molecule has 2 aromatic heterocycles. The summed E-state index contributed by atoms with van der Waals surface area (Å²) < 4.78 is 15.7. The monoisotopic (exact) mass is 302 g/mol. The van der Waals surface area contributed by atoms with Gasteiger partial charge in [-0.25, -0.2) is 4.98 Å². The quantitative estimate of drug-likeness (QED) is 0.839. The zero-order valence-corrected chi connectivity index (χ0v) is 12.0. The van der Waals surface area contributed by atoms with Gasteiger partial charge in [0.15, 0.2) is 5.69 Å². The van der Waals surface area contributed by atoms with E-state index in [2.05, 4.69) is 10.3 Å². The number of carbonyl (C=O) groups is 2. The Hall–Kier alpha value is -2.44. The van der Waals surface area contributed by atoms with Crippen molar-refractivity contribution >= 4 is 17.5 Å². The number of rotatable bonds is 1. The van der Waals surface area contributed by atoms with Gasteiger partial charge in [0, 0.05) is 31.7 Å². The molecule has 2 fully saturated rings. The highest BCUT2D eigenvalue weighted by atomic mass is 19.1. The van der Waals surface area contributed by atoms with Crippen molar-refractivity contribution in [3.63, 3.8) is 0 Å². The minimum Gasteiger partial charge on any atom is -0.355 e. The molecule has 4 rings (SSSR count). The molecule has 2 amide bonds. The lowest BCUT2D eigenvalue weighted by Gasteiger charge is -2.15. The number of aromatic nitrogens is 2. The topological polar surface area (TPSA) is 66.7 Å². The predicted octanol–water partition coefficient (Wildman–Crippen LogP) is 0.600. The van der Waals surface area contributed by atoms with Crippen LogP contribution in [0.3, 0.4) is 0 Å². The van der Waals surface area contributed by atoms with Gasteiger partial charge in [0.05, 0.1) is 5.92 Å². The number of nitrogens with zero attached hydrogens (tertiary/aromatic N) is 3. The van der Waals surface area contributed by atoms with Crippen LogP contribution in [0.1, 0.15) is 16.1 Å². The second-order valence-electron chi connectivity index (χ2n) is 6.01. The van der Waals surface area contributed by atoms with Crippen molar-refractivity contribution < 1.29 is 14.0 Å². The Bertz CT molecular complexity index is 800. The zero-order valence-electron chi connectivity index (χ0n) is 12.0. The van der Waals surface area contributed by atoms with Crippen molar-refractivity contribution in [2.45, 2.75) is 6.92 Å². The molecule has 4 heterocycles. The normalized spacial score (nSPS) is 23.9. The van der Waals surface area contributed by atoms with Gasteiger partial charge in [-0.1, -0.05) is 6.07 Å². The number of pyridine rings is 1. The highest BCUT2D eigenvalue weighted by molar-refractivity contribution is 5.94. The van der Waals surface area contributed by atoms with Crippen LogP contribution in [-0.4, -0.2) is 45.7 Å². The molecule has 2 atom stereocenters. The molecular formula is C15H15FN4O2. The van der Waals surface area contributed by atoms with Crippen LogP contribution in [-0.2, 0) is 4.79 Å². The molecule has 0 aromatic carbocycles. The first-order chi connectivity index (χ1) is 10.5. The lowest BCUT2D eigenvalue weighted by Crippen LogP contribution is -2.34. The molecule has 0 saturated carbocycles. The largest absolute Gasteiger partial charge is 0.355 e. The smallest absolute Gasteiger partial charge is 0.277 e. The van der Waals surface area contributed by atoms with E-state index in [9.17, 15) is 14.0 Å². The Morgan fingerprint density at radius 3 is 3.00 bits per heavy atom. The number of imidazole rings is 1. The van der Waals surface area contributed by atoms with E-state index >= 15 is 0 Å². The first kappa shape index (κ1) is 13.2. The molecule has 6 nitrogen and oxygen atoms in total. The van der Waals surface area contributed by atoms with Gasteiger partial charge in [-0.3, -0.25) is 14.0 Å². The number of amides is 2. The van der Waals surface area contributed by atoms with Crippen molar-refractivity contribution in [2.24, 2.45) is 11.8 Å². The van der Waals surface area contributed by atoms with Crippen molar-refractivity contribution in [3.8, 4) is 0 Å². The van der Waals surface area contributed by atoms with Crippen LogP contribution in [0.2, 0.25) is 0 Å². The predicted molar refractivity (Wildman–Crippen MR) is 75.8 cm³/mol. The molecule has 2 aliphatic rings. The van der Waals surface area contributed by atoms with Crippen molar-refractivity contribution in [1.82, 2.24) is 19.6 Å². The van der Waals surface area contributed by atoms with Crippen LogP contribution in [0, 0.1) is 24.7 Å². The Morgan fingerprint density at radius 2 is 2.23 bits per heavy atom. The van der Waals surface area contributed by atoms with E-state index in [0.29, 0.717) is 25.3 Å². The standard InChI is InChI=1S/C15H15FN4O2/c1-8-2-3-11-18-12(13(16)20(11)5-8)15(22)19-6-9-4-17-14(21)10(9)7-19/h2-3,5,9-10H,4,6-7H2,1H3,(H,17,21)/t9-,10+/m0/s1. The molecule has 0 aliphatic carbocycles. The van der Waals surface area contributed by atoms with E-state index in [1.807, 2.05) is 13.0 Å². The lowest BCUT2D eigenvalue weighted by atomic mass is 10.0. The van der Waals surface area contributed by atoms with Crippen LogP contribution in [0.25, 0.3) is 5.65 Å². The maximum absolute atomic E-state index is 14.5. The van der Waals surface area contributed by atoms with Gasteiger partial charge in [-0.2, -0.15) is 4.39 Å². The second kappa shape index (κ2) is 4.53. The summed E-state index contributed by atoms with van der Waals surface area (Å²) >= 11 is 0. The lowest BCUT2D eigenvalue weighted by molar-refractivity contribution is -0.122. The summed E-state index contributed by atoms with van der Waals surface area (Å²) in [7, 11) is 0. The molecule has 22 heavy (non-hydrogen) atoms. The molecule has 2 aliphatic heterocycles. The molecule has 1 N–H and O–H groups in total. The third kappa shape index (κ3) is 1.81. The zero-order chi connectivity index (χ0) is 15.4. The molecule has 2 aromatic rings. The third-order valence-corrected chi connectivity index (χ3v) is 4.51. The van der Waals surface area contributed by atoms with E-state index in [4.69, 9.17) is 0 Å². The number of carbonyl (C=O) groups excluding carboxylic acids is 2. The molecule has 0 radical (unpaired) electrons. The van der Waals surface area contributed by atoms with Crippen molar-refractivity contribution in [3.05, 3.63) is 35.5 Å². The first-order valence-corrected chi connectivity index (χ1v) is 7.26. The van der Waals surface area contributed by atoms with E-state index in [-0.39, 0.29) is 23.4 Å². The highest BCUT2D eigenvalue weighted by Crippen LogP contribution is 2.28. The number of nitrogens with one attached hydrogen (secondary N) is 1. The van der Waals surface area contributed by atoms with Gasteiger partial charge < -0.3 is 10.2 Å². The summed E-state index contributed by atoms with van der Waals surface area (Å²) in [5.74, 6) is -1.16. The molecule has 0 bridgehead atoms. The van der Waals surface area contributed by atoms with Crippen LogP contribution in [0.4, 0.5) is 4.39 Å². The summed E-state index contributed by atoms with van der Waals surface area (Å²) in [6.45, 7) is 3.23. The summed E-state index contributed by atoms with van der Waals surface area (Å²) in [6, 6.07) is 3.50. The number of hydrogen-bond donors (Lipinski definition) is 1. The fraction of sp³-hybridized carbons (Fsp3) is 0.400. The van der Waals surface area contributed by atoms with E-state index in [0.717, 1.165) is 5.56 Å². The van der Waals surface area contributed by atoms with Gasteiger partial charge in [0.25, 0.3) is 5.91 Å². The number of fused-ring (bicyclic) bond motifs is 2. The maximum Gasteiger partial charge on any atom is 0.277 e. The Labute approximate surface area is 125 Å². The summed E-state index contributed by atoms with van der Waals surface area (Å²) in [5, 5.41) is 2.79. The fourth-order valence-electron chi connectivity index (χ4n) is 3.31. The fourth-order valence-corrected chi connectivity index (χ4v) is 3.31. The average molecular weight is 302 g/mol. The van der Waals surface area contributed by atoms with Crippen molar-refractivity contribution in [2.75, 3.05) is 19.6 Å². The van der Waals surface area contributed by atoms with Gasteiger partial charge in [-0.15, -0.1) is 0 Å². The molecular weight excluding hydrogens is 287 g/mol. The van der Waals surface area contributed by atoms with Crippen LogP contribution < -0.4 is 5.32 Å². The van der Waals surface area contributed by atoms with E-state index in [1.165, 1.54) is 9.30 Å². The van der Waals surface area contributed by atoms with Gasteiger partial charge in [0.2, 0.25) is 11.9 Å². The average Bonchev–Trinajstić information content (AvgIpc) is 3.15. The third-order valence-electron chi connectivity index (χ3n) is 4.51. The highest BCUT2D eigenvalue weighted by Gasteiger charge is 2.44. The van der Waals surface area contributed by atoms with Gasteiger partial charge in [0.1, 0.15) is 5.65 Å². The minimum atomic E-state index is -0.648. The molecule has 7 heteroatoms. The molecule has 0 unspecified atom stereocenters. The van der Waals surface area contributed by atoms with Crippen LogP contribution >= 0.6 is 0 Å². The second-order valence-corrected chi connectivity index (χ2v) is 6.01. The SMILES string of the molecule is Cc1ccc2nc(C(=O)N3C[C@@H]4CNC(=O)[C@@H]4C3)c(F)n2c1. The summed E-state index contributed by atoms with van der Waals surface area (Å²) in [4.78, 5) is 29.8. The van der Waals surface area contributed by atoms with Gasteiger partial charge >= 0.3 is 0 Å². The Morgan fingerprint density at radius 1 is 1.41 bits per heavy atom. The van der Waals surface area contributed by atoms with E-state index < -0.39 is 11.9 Å². The molecule has 2 saturated heterocycles. The van der Waals surface area contributed by atoms with Crippen LogP contribution in [0.5, 0.6) is 0 Å². The molecule has 114 valence electrons. The summed E-state index contributed by atoms with van der Waals surface area (Å²) in [6.07, 6.45) is 1.61. The van der Waals surface area contributed by atoms with E-state index in [1.54, 1.807) is 12.3 Å². The number of aryl methyl sites for hydroxylation is 1.